The molecule has 130 valence electrons. The van der Waals surface area contributed by atoms with Gasteiger partial charge in [0.2, 0.25) is 5.91 Å². The molecule has 0 aromatic heterocycles. The predicted octanol–water partition coefficient (Wildman–Crippen LogP) is 0.633. The third-order valence-electron chi connectivity index (χ3n) is 4.12. The molecule has 2 amide bonds. The molecule has 0 unspecified atom stereocenters. The van der Waals surface area contributed by atoms with Crippen LogP contribution in [0.25, 0.3) is 0 Å². The highest BCUT2D eigenvalue weighted by Gasteiger charge is 2.27. The molecule has 2 N–H and O–H groups in total. The van der Waals surface area contributed by atoms with Gasteiger partial charge in [-0.05, 0) is 37.1 Å². The average Bonchev–Trinajstić information content (AvgIpc) is 2.59. The Morgan fingerprint density at radius 2 is 1.92 bits per heavy atom. The first-order chi connectivity index (χ1) is 11.4. The Bertz CT molecular complexity index is 613. The van der Waals surface area contributed by atoms with Gasteiger partial charge in [-0.25, -0.2) is 4.79 Å². The molecule has 24 heavy (non-hydrogen) atoms. The number of primary amides is 1. The van der Waals surface area contributed by atoms with Crippen molar-refractivity contribution in [1.29, 1.82) is 0 Å². The van der Waals surface area contributed by atoms with E-state index in [1.807, 2.05) is 19.0 Å². The zero-order valence-electron chi connectivity index (χ0n) is 14.0. The van der Waals surface area contributed by atoms with Gasteiger partial charge in [-0.3, -0.25) is 9.59 Å². The van der Waals surface area contributed by atoms with E-state index in [1.165, 1.54) is 4.90 Å². The summed E-state index contributed by atoms with van der Waals surface area (Å²) in [6, 6.07) is 6.93. The molecule has 0 bridgehead atoms. The molecule has 0 radical (unpaired) electrons. The highest BCUT2D eigenvalue weighted by atomic mass is 16.5. The molecule has 7 heteroatoms. The second kappa shape index (κ2) is 7.81. The zero-order chi connectivity index (χ0) is 17.7. The van der Waals surface area contributed by atoms with E-state index in [4.69, 9.17) is 10.5 Å². The van der Waals surface area contributed by atoms with E-state index in [-0.39, 0.29) is 18.4 Å². The first kappa shape index (κ1) is 17.8. The summed E-state index contributed by atoms with van der Waals surface area (Å²) in [5.41, 5.74) is 6.65. The van der Waals surface area contributed by atoms with E-state index in [9.17, 15) is 14.4 Å². The van der Waals surface area contributed by atoms with Gasteiger partial charge in [0.25, 0.3) is 5.91 Å². The lowest BCUT2D eigenvalue weighted by molar-refractivity contribution is -0.137. The van der Waals surface area contributed by atoms with Gasteiger partial charge in [0.15, 0.2) is 6.61 Å². The number of amides is 2. The predicted molar refractivity (Wildman–Crippen MR) is 89.5 cm³/mol. The normalized spacial score (nSPS) is 17.2. The lowest BCUT2D eigenvalue weighted by Gasteiger charge is -2.31. The molecule has 1 aliphatic heterocycles. The molecule has 1 atom stereocenters. The largest absolute Gasteiger partial charge is 0.452 e. The van der Waals surface area contributed by atoms with E-state index in [2.05, 4.69) is 0 Å². The van der Waals surface area contributed by atoms with E-state index >= 15 is 0 Å². The maximum Gasteiger partial charge on any atom is 0.338 e. The molecular weight excluding hydrogens is 310 g/mol. The molecule has 0 spiro atoms. The second-order valence-electron chi connectivity index (χ2n) is 6.10. The number of piperidine rings is 1. The molecule has 0 saturated carbocycles. The van der Waals surface area contributed by atoms with Crippen molar-refractivity contribution in [2.45, 2.75) is 12.8 Å². The fourth-order valence-electron chi connectivity index (χ4n) is 2.63. The standard InChI is InChI=1S/C17H23N3O4/c1-19(2)14-7-5-12(6-8-14)17(23)24-11-15(21)20-9-3-4-13(10-20)16(18)22/h5-8,13H,3-4,9-11H2,1-2H3,(H2,18,22)/t13-/m0/s1. The molecule has 1 fully saturated rings. The third-order valence-corrected chi connectivity index (χ3v) is 4.12. The molecule has 2 rings (SSSR count). The molecule has 1 heterocycles. The van der Waals surface area contributed by atoms with Crippen LogP contribution in [0.4, 0.5) is 5.69 Å². The number of benzene rings is 1. The number of likely N-dealkylation sites (tertiary alicyclic amines) is 1. The van der Waals surface area contributed by atoms with Crippen molar-refractivity contribution in [2.75, 3.05) is 38.7 Å². The Hall–Kier alpha value is -2.57. The summed E-state index contributed by atoms with van der Waals surface area (Å²) >= 11 is 0. The zero-order valence-corrected chi connectivity index (χ0v) is 14.0. The molecule has 1 aromatic rings. The molecule has 0 aliphatic carbocycles. The van der Waals surface area contributed by atoms with Crippen molar-refractivity contribution in [3.05, 3.63) is 29.8 Å². The van der Waals surface area contributed by atoms with Crippen molar-refractivity contribution in [1.82, 2.24) is 4.90 Å². The lowest BCUT2D eigenvalue weighted by atomic mass is 9.97. The van der Waals surface area contributed by atoms with Gasteiger partial charge in [-0.15, -0.1) is 0 Å². The Kier molecular flexibility index (Phi) is 5.78. The Morgan fingerprint density at radius 1 is 1.25 bits per heavy atom. The van der Waals surface area contributed by atoms with Crippen molar-refractivity contribution < 1.29 is 19.1 Å². The van der Waals surface area contributed by atoms with Gasteiger partial charge in [0.1, 0.15) is 0 Å². The summed E-state index contributed by atoms with van der Waals surface area (Å²) in [5.74, 6) is -1.57. The van der Waals surface area contributed by atoms with Crippen LogP contribution in [0.3, 0.4) is 0 Å². The highest BCUT2D eigenvalue weighted by Crippen LogP contribution is 2.16. The maximum absolute atomic E-state index is 12.1. The molecule has 1 saturated heterocycles. The molecular formula is C17H23N3O4. The Morgan fingerprint density at radius 3 is 2.50 bits per heavy atom. The van der Waals surface area contributed by atoms with Gasteiger partial charge in [0, 0.05) is 32.9 Å². The number of nitrogens with zero attached hydrogens (tertiary/aromatic N) is 2. The van der Waals surface area contributed by atoms with E-state index in [0.717, 1.165) is 12.1 Å². The molecule has 7 nitrogen and oxygen atoms in total. The summed E-state index contributed by atoms with van der Waals surface area (Å²) < 4.78 is 5.08. The van der Waals surface area contributed by atoms with Crippen LogP contribution in [0, 0.1) is 5.92 Å². The quantitative estimate of drug-likeness (QED) is 0.798. The first-order valence-electron chi connectivity index (χ1n) is 7.90. The number of carbonyl (C=O) groups excluding carboxylic acids is 3. The van der Waals surface area contributed by atoms with Crippen molar-refractivity contribution in [2.24, 2.45) is 11.7 Å². The summed E-state index contributed by atoms with van der Waals surface area (Å²) in [5, 5.41) is 0. The number of rotatable bonds is 5. The first-order valence-corrected chi connectivity index (χ1v) is 7.90. The number of anilines is 1. The highest BCUT2D eigenvalue weighted by molar-refractivity contribution is 5.91. The van der Waals surface area contributed by atoms with Crippen LogP contribution < -0.4 is 10.6 Å². The van der Waals surface area contributed by atoms with Gasteiger partial charge in [-0.1, -0.05) is 0 Å². The average molecular weight is 333 g/mol. The fraction of sp³-hybridized carbons (Fsp3) is 0.471. The van der Waals surface area contributed by atoms with Crippen molar-refractivity contribution >= 4 is 23.5 Å². The smallest absolute Gasteiger partial charge is 0.338 e. The monoisotopic (exact) mass is 333 g/mol. The van der Waals surface area contributed by atoms with Crippen molar-refractivity contribution in [3.8, 4) is 0 Å². The van der Waals surface area contributed by atoms with Gasteiger partial charge in [0.05, 0.1) is 11.5 Å². The maximum atomic E-state index is 12.1. The number of carbonyl (C=O) groups is 3. The lowest BCUT2D eigenvalue weighted by Crippen LogP contribution is -2.45. The van der Waals surface area contributed by atoms with Gasteiger partial charge >= 0.3 is 5.97 Å². The Labute approximate surface area is 141 Å². The Balaban J connectivity index is 1.86. The van der Waals surface area contributed by atoms with Crippen LogP contribution in [0.1, 0.15) is 23.2 Å². The number of hydrogen-bond acceptors (Lipinski definition) is 5. The summed E-state index contributed by atoms with van der Waals surface area (Å²) in [7, 11) is 3.81. The second-order valence-corrected chi connectivity index (χ2v) is 6.10. The topological polar surface area (TPSA) is 92.9 Å². The minimum Gasteiger partial charge on any atom is -0.452 e. The fourth-order valence-corrected chi connectivity index (χ4v) is 2.63. The minimum atomic E-state index is -0.544. The molecule has 1 aromatic carbocycles. The van der Waals surface area contributed by atoms with Crippen molar-refractivity contribution in [3.63, 3.8) is 0 Å². The van der Waals surface area contributed by atoms with Crippen LogP contribution in [-0.4, -0.2) is 56.5 Å². The summed E-state index contributed by atoms with van der Waals surface area (Å²) in [6.07, 6.45) is 1.41. The summed E-state index contributed by atoms with van der Waals surface area (Å²) in [4.78, 5) is 38.8. The number of nitrogens with two attached hydrogens (primary N) is 1. The van der Waals surface area contributed by atoms with E-state index in [0.29, 0.717) is 25.1 Å². The number of hydrogen-bond donors (Lipinski definition) is 1. The van der Waals surface area contributed by atoms with Gasteiger partial charge in [-0.2, -0.15) is 0 Å². The van der Waals surface area contributed by atoms with Crippen LogP contribution in [-0.2, 0) is 14.3 Å². The third kappa shape index (κ3) is 4.47. The van der Waals surface area contributed by atoms with E-state index < -0.39 is 11.9 Å². The molecule has 1 aliphatic rings. The van der Waals surface area contributed by atoms with Crippen LogP contribution >= 0.6 is 0 Å². The van der Waals surface area contributed by atoms with Crippen LogP contribution in [0.5, 0.6) is 0 Å². The SMILES string of the molecule is CN(C)c1ccc(C(=O)OCC(=O)N2CCC[C@H](C(N)=O)C2)cc1. The van der Waals surface area contributed by atoms with Crippen LogP contribution in [0.2, 0.25) is 0 Å². The summed E-state index contributed by atoms with van der Waals surface area (Å²) in [6.45, 7) is 0.515. The van der Waals surface area contributed by atoms with Crippen LogP contribution in [0.15, 0.2) is 24.3 Å². The van der Waals surface area contributed by atoms with Gasteiger partial charge < -0.3 is 20.3 Å². The number of esters is 1. The number of ether oxygens (including phenoxy) is 1. The van der Waals surface area contributed by atoms with E-state index in [1.54, 1.807) is 24.3 Å². The minimum absolute atomic E-state index is 0.295.